The summed E-state index contributed by atoms with van der Waals surface area (Å²) in [5, 5.41) is 3.38. The quantitative estimate of drug-likeness (QED) is 0.580. The first-order chi connectivity index (χ1) is 17.5. The molecule has 4 aliphatic rings. The Balaban J connectivity index is 1.40. The Morgan fingerprint density at radius 1 is 1.00 bits per heavy atom. The van der Waals surface area contributed by atoms with Gasteiger partial charge in [-0.25, -0.2) is 9.18 Å². The minimum Gasteiger partial charge on any atom is -0.459 e. The molecule has 2 heterocycles. The van der Waals surface area contributed by atoms with Crippen LogP contribution in [0.5, 0.6) is 11.5 Å². The van der Waals surface area contributed by atoms with Crippen molar-refractivity contribution in [1.82, 2.24) is 5.32 Å². The number of Topliss-reactive ketones (excluding diaryl/α,β-unsaturated/α-hetero) is 1. The van der Waals surface area contributed by atoms with Crippen LogP contribution in [-0.2, 0) is 14.3 Å². The number of carbonyl (C=O) groups is 2. The fourth-order valence-corrected chi connectivity index (χ4v) is 5.93. The first kappa shape index (κ1) is 22.8. The maximum atomic E-state index is 13.7. The van der Waals surface area contributed by atoms with E-state index in [1.54, 1.807) is 12.1 Å². The molecule has 36 heavy (non-hydrogen) atoms. The fraction of sp³-hybridized carbons (Fsp3) is 0.379. The Hall–Kier alpha value is -3.61. The Kier molecular flexibility index (Phi) is 5.78. The molecule has 0 amide bonds. The van der Waals surface area contributed by atoms with Gasteiger partial charge in [0, 0.05) is 29.3 Å². The summed E-state index contributed by atoms with van der Waals surface area (Å²) in [6, 6.07) is 11.9. The predicted molar refractivity (Wildman–Crippen MR) is 130 cm³/mol. The van der Waals surface area contributed by atoms with Crippen molar-refractivity contribution in [3.8, 4) is 11.5 Å². The van der Waals surface area contributed by atoms with Crippen LogP contribution in [0.1, 0.15) is 68.4 Å². The van der Waals surface area contributed by atoms with E-state index in [1.807, 2.05) is 25.1 Å². The summed E-state index contributed by atoms with van der Waals surface area (Å²) in [6.07, 6.45) is 4.64. The number of carbonyl (C=O) groups excluding carboxylic acids is 2. The van der Waals surface area contributed by atoms with Crippen LogP contribution in [0.2, 0.25) is 0 Å². The van der Waals surface area contributed by atoms with Crippen molar-refractivity contribution in [1.29, 1.82) is 0 Å². The zero-order valence-electron chi connectivity index (χ0n) is 20.1. The van der Waals surface area contributed by atoms with E-state index in [1.165, 1.54) is 12.1 Å². The maximum absolute atomic E-state index is 13.7. The van der Waals surface area contributed by atoms with Crippen molar-refractivity contribution in [3.05, 3.63) is 81.9 Å². The third-order valence-corrected chi connectivity index (χ3v) is 7.69. The number of ether oxygens (including phenoxy) is 3. The van der Waals surface area contributed by atoms with E-state index in [0.29, 0.717) is 34.8 Å². The summed E-state index contributed by atoms with van der Waals surface area (Å²) in [6.45, 7) is 2.00. The summed E-state index contributed by atoms with van der Waals surface area (Å²) < 4.78 is 30.5. The van der Waals surface area contributed by atoms with Crippen LogP contribution in [0.25, 0.3) is 0 Å². The molecular formula is C29H28FNO5. The number of hydrogen-bond acceptors (Lipinski definition) is 6. The lowest BCUT2D eigenvalue weighted by atomic mass is 9.71. The molecule has 2 aliphatic carbocycles. The van der Waals surface area contributed by atoms with Gasteiger partial charge in [0.25, 0.3) is 0 Å². The maximum Gasteiger partial charge on any atom is 0.337 e. The van der Waals surface area contributed by atoms with Crippen molar-refractivity contribution >= 4 is 11.8 Å². The molecule has 0 aromatic heterocycles. The average molecular weight is 490 g/mol. The van der Waals surface area contributed by atoms with E-state index in [4.69, 9.17) is 14.2 Å². The molecule has 1 fully saturated rings. The van der Waals surface area contributed by atoms with Crippen LogP contribution in [0, 0.1) is 5.82 Å². The van der Waals surface area contributed by atoms with Gasteiger partial charge in [-0.05, 0) is 80.3 Å². The Labute approximate surface area is 209 Å². The van der Waals surface area contributed by atoms with E-state index in [0.717, 1.165) is 42.5 Å². The molecular weight excluding hydrogens is 461 g/mol. The van der Waals surface area contributed by atoms with Gasteiger partial charge in [-0.3, -0.25) is 4.79 Å². The van der Waals surface area contributed by atoms with Gasteiger partial charge in [0.05, 0.1) is 5.57 Å². The second-order valence-electron chi connectivity index (χ2n) is 9.99. The number of ketones is 1. The molecule has 2 atom stereocenters. The Morgan fingerprint density at radius 3 is 2.50 bits per heavy atom. The molecule has 1 N–H and O–H groups in total. The van der Waals surface area contributed by atoms with Gasteiger partial charge in [-0.1, -0.05) is 18.2 Å². The van der Waals surface area contributed by atoms with E-state index in [9.17, 15) is 14.0 Å². The number of benzene rings is 2. The number of esters is 1. The fourth-order valence-electron chi connectivity index (χ4n) is 5.93. The van der Waals surface area contributed by atoms with Crippen LogP contribution in [0.3, 0.4) is 0 Å². The predicted octanol–water partition coefficient (Wildman–Crippen LogP) is 5.40. The highest BCUT2D eigenvalue weighted by molar-refractivity contribution is 6.04. The molecule has 0 spiro atoms. The zero-order chi connectivity index (χ0) is 24.8. The molecule has 6 nitrogen and oxygen atoms in total. The lowest BCUT2D eigenvalue weighted by Crippen LogP contribution is -2.36. The van der Waals surface area contributed by atoms with Crippen molar-refractivity contribution < 1.29 is 28.2 Å². The van der Waals surface area contributed by atoms with Gasteiger partial charge in [0.15, 0.2) is 17.3 Å². The smallest absolute Gasteiger partial charge is 0.337 e. The van der Waals surface area contributed by atoms with Gasteiger partial charge in [0.1, 0.15) is 11.9 Å². The van der Waals surface area contributed by atoms with Crippen molar-refractivity contribution in [3.63, 3.8) is 0 Å². The summed E-state index contributed by atoms with van der Waals surface area (Å²) >= 11 is 0. The molecule has 1 saturated carbocycles. The monoisotopic (exact) mass is 489 g/mol. The summed E-state index contributed by atoms with van der Waals surface area (Å²) in [5.41, 5.74) is 4.26. The van der Waals surface area contributed by atoms with Crippen molar-refractivity contribution in [2.75, 3.05) is 6.79 Å². The lowest BCUT2D eigenvalue weighted by molar-refractivity contribution is -0.144. The van der Waals surface area contributed by atoms with Crippen LogP contribution in [-0.4, -0.2) is 24.6 Å². The first-order valence-corrected chi connectivity index (χ1v) is 12.6. The molecule has 2 aromatic carbocycles. The van der Waals surface area contributed by atoms with Crippen LogP contribution in [0.4, 0.5) is 4.39 Å². The second kappa shape index (κ2) is 9.12. The average Bonchev–Trinajstić information content (AvgIpc) is 3.55. The number of rotatable bonds is 4. The lowest BCUT2D eigenvalue weighted by Gasteiger charge is -2.37. The molecule has 0 radical (unpaired) electrons. The molecule has 0 saturated heterocycles. The Morgan fingerprint density at radius 2 is 1.72 bits per heavy atom. The van der Waals surface area contributed by atoms with E-state index in [2.05, 4.69) is 5.32 Å². The first-order valence-electron chi connectivity index (χ1n) is 12.6. The molecule has 6 rings (SSSR count). The molecule has 2 aromatic rings. The van der Waals surface area contributed by atoms with Crippen molar-refractivity contribution in [2.45, 2.75) is 63.4 Å². The van der Waals surface area contributed by atoms with Crippen LogP contribution in [0.15, 0.2) is 65.0 Å². The van der Waals surface area contributed by atoms with Crippen LogP contribution < -0.4 is 14.8 Å². The number of fused-ring (bicyclic) bond motifs is 1. The van der Waals surface area contributed by atoms with E-state index < -0.39 is 5.92 Å². The molecule has 186 valence electrons. The Bertz CT molecular complexity index is 1290. The number of allylic oxidation sites excluding steroid dienone is 3. The highest BCUT2D eigenvalue weighted by Gasteiger charge is 2.42. The minimum absolute atomic E-state index is 0.0283. The highest BCUT2D eigenvalue weighted by Crippen LogP contribution is 2.47. The van der Waals surface area contributed by atoms with Gasteiger partial charge in [-0.15, -0.1) is 0 Å². The number of nitrogens with one attached hydrogen (secondary N) is 1. The SMILES string of the molecule is CC1=C(C(=O)OC2CCCC2)[C@@H](c2ccc3c(c2)OCO3)C2=C(C[C@H](c3ccc(F)cc3)CC2=O)N1. The van der Waals surface area contributed by atoms with E-state index >= 15 is 0 Å². The molecule has 0 bridgehead atoms. The second-order valence-corrected chi connectivity index (χ2v) is 9.99. The van der Waals surface area contributed by atoms with Gasteiger partial charge < -0.3 is 19.5 Å². The summed E-state index contributed by atoms with van der Waals surface area (Å²) in [4.78, 5) is 27.2. The molecule has 7 heteroatoms. The minimum atomic E-state index is -0.564. The highest BCUT2D eigenvalue weighted by atomic mass is 19.1. The third-order valence-electron chi connectivity index (χ3n) is 7.69. The number of hydrogen-bond donors (Lipinski definition) is 1. The van der Waals surface area contributed by atoms with Crippen LogP contribution >= 0.6 is 0 Å². The van der Waals surface area contributed by atoms with E-state index in [-0.39, 0.29) is 42.8 Å². The standard InChI is InChI=1S/C29H28FNO5/c1-16-26(29(33)36-21-4-2-3-5-21)27(18-8-11-24-25(14-18)35-15-34-24)28-22(31-16)12-19(13-23(28)32)17-6-9-20(30)10-7-17/h6-11,14,19,21,27,31H,2-5,12-13,15H2,1H3/t19-,27+/m0/s1. The largest absolute Gasteiger partial charge is 0.459 e. The van der Waals surface area contributed by atoms with Crippen molar-refractivity contribution in [2.24, 2.45) is 0 Å². The normalized spacial score (nSPS) is 23.6. The molecule has 0 unspecified atom stereocenters. The number of halogens is 1. The topological polar surface area (TPSA) is 73.9 Å². The molecule has 2 aliphatic heterocycles. The van der Waals surface area contributed by atoms with Gasteiger partial charge in [0.2, 0.25) is 6.79 Å². The third kappa shape index (κ3) is 4.06. The summed E-state index contributed by atoms with van der Waals surface area (Å²) in [7, 11) is 0. The summed E-state index contributed by atoms with van der Waals surface area (Å²) in [5.74, 6) is -0.101. The zero-order valence-corrected chi connectivity index (χ0v) is 20.1. The van der Waals surface area contributed by atoms with Gasteiger partial charge in [-0.2, -0.15) is 0 Å². The van der Waals surface area contributed by atoms with Gasteiger partial charge >= 0.3 is 5.97 Å². The number of dihydropyridines is 1.